The Morgan fingerprint density at radius 1 is 1.27 bits per heavy atom. The van der Waals surface area contributed by atoms with Crippen molar-refractivity contribution in [1.82, 2.24) is 4.90 Å². The fraction of sp³-hybridized carbons (Fsp3) is 0.538. The van der Waals surface area contributed by atoms with Crippen LogP contribution in [0.1, 0.15) is 25.3 Å². The van der Waals surface area contributed by atoms with Crippen LogP contribution in [0.15, 0.2) is 24.3 Å². The summed E-state index contributed by atoms with van der Waals surface area (Å²) in [4.78, 5) is 2.52. The summed E-state index contributed by atoms with van der Waals surface area (Å²) in [7, 11) is 0. The maximum atomic E-state index is 5.67. The van der Waals surface area contributed by atoms with Crippen LogP contribution in [0.25, 0.3) is 0 Å². The third-order valence-electron chi connectivity index (χ3n) is 3.05. The van der Waals surface area contributed by atoms with E-state index >= 15 is 0 Å². The minimum Gasteiger partial charge on any atom is -0.399 e. The Labute approximate surface area is 92.1 Å². The number of hydrogen-bond acceptors (Lipinski definition) is 2. The minimum atomic E-state index is 0.851. The van der Waals surface area contributed by atoms with Crippen LogP contribution >= 0.6 is 0 Å². The number of rotatable bonds is 5. The van der Waals surface area contributed by atoms with Crippen LogP contribution in [-0.4, -0.2) is 18.0 Å². The Hall–Kier alpha value is -1.02. The molecule has 1 aliphatic carbocycles. The molecule has 2 N–H and O–H groups in total. The average molecular weight is 204 g/mol. The van der Waals surface area contributed by atoms with E-state index in [1.807, 2.05) is 12.1 Å². The zero-order valence-electron chi connectivity index (χ0n) is 9.45. The Morgan fingerprint density at radius 2 is 1.93 bits per heavy atom. The van der Waals surface area contributed by atoms with Gasteiger partial charge in [0.05, 0.1) is 0 Å². The third kappa shape index (κ3) is 3.24. The summed E-state index contributed by atoms with van der Waals surface area (Å²) >= 11 is 0. The highest BCUT2D eigenvalue weighted by molar-refractivity contribution is 5.39. The molecule has 2 heteroatoms. The zero-order valence-corrected chi connectivity index (χ0v) is 9.45. The first-order valence-corrected chi connectivity index (χ1v) is 5.84. The second-order valence-electron chi connectivity index (χ2n) is 4.51. The number of hydrogen-bond donors (Lipinski definition) is 1. The molecule has 2 nitrogen and oxygen atoms in total. The molecule has 0 spiro atoms. The summed E-state index contributed by atoms with van der Waals surface area (Å²) in [5, 5.41) is 0. The molecule has 1 aliphatic rings. The van der Waals surface area contributed by atoms with Crippen LogP contribution in [0.2, 0.25) is 0 Å². The number of nitrogen functional groups attached to an aromatic ring is 1. The highest BCUT2D eigenvalue weighted by atomic mass is 15.1. The molecule has 15 heavy (non-hydrogen) atoms. The first-order chi connectivity index (χ1) is 7.28. The Balaban J connectivity index is 1.89. The summed E-state index contributed by atoms with van der Waals surface area (Å²) in [6.45, 7) is 5.70. The van der Waals surface area contributed by atoms with Crippen molar-refractivity contribution in [3.8, 4) is 0 Å². The molecule has 0 amide bonds. The molecule has 0 saturated heterocycles. The molecule has 0 unspecified atom stereocenters. The molecular weight excluding hydrogens is 184 g/mol. The lowest BCUT2D eigenvalue weighted by Crippen LogP contribution is -2.25. The molecule has 1 aromatic carbocycles. The summed E-state index contributed by atoms with van der Waals surface area (Å²) in [5.74, 6) is 0.971. The van der Waals surface area contributed by atoms with Gasteiger partial charge in [0.15, 0.2) is 0 Å². The minimum absolute atomic E-state index is 0.851. The first-order valence-electron chi connectivity index (χ1n) is 5.84. The van der Waals surface area contributed by atoms with E-state index in [-0.39, 0.29) is 0 Å². The number of anilines is 1. The van der Waals surface area contributed by atoms with Gasteiger partial charge < -0.3 is 5.73 Å². The van der Waals surface area contributed by atoms with Gasteiger partial charge in [0.2, 0.25) is 0 Å². The van der Waals surface area contributed by atoms with Crippen molar-refractivity contribution in [2.45, 2.75) is 26.3 Å². The van der Waals surface area contributed by atoms with Crippen LogP contribution in [-0.2, 0) is 6.54 Å². The van der Waals surface area contributed by atoms with Gasteiger partial charge in [0.1, 0.15) is 0 Å². The van der Waals surface area contributed by atoms with Crippen molar-refractivity contribution in [2.75, 3.05) is 18.8 Å². The summed E-state index contributed by atoms with van der Waals surface area (Å²) in [5.41, 5.74) is 7.89. The predicted molar refractivity (Wildman–Crippen MR) is 64.5 cm³/mol. The molecule has 1 aromatic rings. The van der Waals surface area contributed by atoms with Crippen molar-refractivity contribution in [2.24, 2.45) is 5.92 Å². The summed E-state index contributed by atoms with van der Waals surface area (Å²) in [6.07, 6.45) is 2.86. The Morgan fingerprint density at radius 3 is 2.47 bits per heavy atom. The van der Waals surface area contributed by atoms with Crippen LogP contribution in [0, 0.1) is 5.92 Å². The van der Waals surface area contributed by atoms with E-state index in [1.54, 1.807) is 0 Å². The van der Waals surface area contributed by atoms with E-state index in [1.165, 1.54) is 24.9 Å². The molecule has 1 saturated carbocycles. The van der Waals surface area contributed by atoms with Gasteiger partial charge in [-0.15, -0.1) is 0 Å². The zero-order chi connectivity index (χ0) is 10.7. The average Bonchev–Trinajstić information content (AvgIpc) is 3.04. The van der Waals surface area contributed by atoms with Gasteiger partial charge in [-0.25, -0.2) is 0 Å². The molecule has 0 atom stereocenters. The van der Waals surface area contributed by atoms with E-state index in [2.05, 4.69) is 24.0 Å². The van der Waals surface area contributed by atoms with Crippen molar-refractivity contribution < 1.29 is 0 Å². The molecule has 1 fully saturated rings. The van der Waals surface area contributed by atoms with Gasteiger partial charge in [-0.2, -0.15) is 0 Å². The monoisotopic (exact) mass is 204 g/mol. The van der Waals surface area contributed by atoms with Crippen molar-refractivity contribution in [3.63, 3.8) is 0 Å². The Bertz CT molecular complexity index is 301. The lowest BCUT2D eigenvalue weighted by Gasteiger charge is -2.20. The molecule has 0 aliphatic heterocycles. The van der Waals surface area contributed by atoms with Gasteiger partial charge in [0.25, 0.3) is 0 Å². The SMILES string of the molecule is CCN(Cc1ccc(N)cc1)CC1CC1. The number of benzene rings is 1. The summed E-state index contributed by atoms with van der Waals surface area (Å²) < 4.78 is 0. The lowest BCUT2D eigenvalue weighted by atomic mass is 10.2. The molecule has 0 aromatic heterocycles. The molecule has 82 valence electrons. The molecule has 2 rings (SSSR count). The lowest BCUT2D eigenvalue weighted by molar-refractivity contribution is 0.268. The van der Waals surface area contributed by atoms with Gasteiger partial charge in [-0.1, -0.05) is 19.1 Å². The van der Waals surface area contributed by atoms with Crippen LogP contribution in [0.4, 0.5) is 5.69 Å². The fourth-order valence-corrected chi connectivity index (χ4v) is 1.85. The van der Waals surface area contributed by atoms with E-state index < -0.39 is 0 Å². The van der Waals surface area contributed by atoms with Gasteiger partial charge >= 0.3 is 0 Å². The third-order valence-corrected chi connectivity index (χ3v) is 3.05. The van der Waals surface area contributed by atoms with Crippen LogP contribution in [0.5, 0.6) is 0 Å². The largest absolute Gasteiger partial charge is 0.399 e. The van der Waals surface area contributed by atoms with E-state index in [9.17, 15) is 0 Å². The van der Waals surface area contributed by atoms with Crippen molar-refractivity contribution in [3.05, 3.63) is 29.8 Å². The standard InChI is InChI=1S/C13H20N2/c1-2-15(9-11-3-4-11)10-12-5-7-13(14)8-6-12/h5-8,11H,2-4,9-10,14H2,1H3. The van der Waals surface area contributed by atoms with E-state index in [0.717, 1.165) is 24.7 Å². The van der Waals surface area contributed by atoms with Gasteiger partial charge in [-0.3, -0.25) is 4.90 Å². The maximum Gasteiger partial charge on any atom is 0.0314 e. The second kappa shape index (κ2) is 4.67. The Kier molecular flexibility index (Phi) is 3.27. The van der Waals surface area contributed by atoms with Crippen molar-refractivity contribution >= 4 is 5.69 Å². The number of nitrogens with zero attached hydrogens (tertiary/aromatic N) is 1. The van der Waals surface area contributed by atoms with Crippen LogP contribution in [0.3, 0.4) is 0 Å². The van der Waals surface area contributed by atoms with Crippen molar-refractivity contribution in [1.29, 1.82) is 0 Å². The highest BCUT2D eigenvalue weighted by Crippen LogP contribution is 2.30. The molecule has 0 heterocycles. The number of nitrogens with two attached hydrogens (primary N) is 1. The highest BCUT2D eigenvalue weighted by Gasteiger charge is 2.23. The fourth-order valence-electron chi connectivity index (χ4n) is 1.85. The first kappa shape index (κ1) is 10.5. The predicted octanol–water partition coefficient (Wildman–Crippen LogP) is 2.50. The van der Waals surface area contributed by atoms with Gasteiger partial charge in [-0.05, 0) is 43.0 Å². The maximum absolute atomic E-state index is 5.67. The van der Waals surface area contributed by atoms with E-state index in [4.69, 9.17) is 5.73 Å². The normalized spacial score (nSPS) is 15.9. The summed E-state index contributed by atoms with van der Waals surface area (Å²) in [6, 6.07) is 8.23. The van der Waals surface area contributed by atoms with E-state index in [0.29, 0.717) is 0 Å². The van der Waals surface area contributed by atoms with Gasteiger partial charge in [0, 0.05) is 18.8 Å². The molecule has 0 radical (unpaired) electrons. The molecular formula is C13H20N2. The van der Waals surface area contributed by atoms with Crippen LogP contribution < -0.4 is 5.73 Å². The molecule has 0 bridgehead atoms. The smallest absolute Gasteiger partial charge is 0.0314 e. The topological polar surface area (TPSA) is 29.3 Å². The quantitative estimate of drug-likeness (QED) is 0.747. The second-order valence-corrected chi connectivity index (χ2v) is 4.51.